The molecule has 0 aliphatic heterocycles. The summed E-state index contributed by atoms with van der Waals surface area (Å²) in [6.45, 7) is 8.47. The van der Waals surface area contributed by atoms with Crippen LogP contribution in [0.25, 0.3) is 11.3 Å². The minimum atomic E-state index is 0.353. The fraction of sp³-hybridized carbons (Fsp3) is 0.438. The van der Waals surface area contributed by atoms with Gasteiger partial charge in [0.1, 0.15) is 0 Å². The second kappa shape index (κ2) is 6.53. The smallest absolute Gasteiger partial charge is 0.0685 e. The van der Waals surface area contributed by atoms with Gasteiger partial charge in [0.2, 0.25) is 0 Å². The molecule has 2 rings (SSSR count). The molecule has 0 fully saturated rings. The van der Waals surface area contributed by atoms with E-state index in [0.29, 0.717) is 6.04 Å². The first kappa shape index (κ1) is 13.8. The molecule has 1 aromatic heterocycles. The maximum Gasteiger partial charge on any atom is 0.0685 e. The predicted octanol–water partition coefficient (Wildman–Crippen LogP) is 3.63. The molecule has 0 aliphatic rings. The highest BCUT2D eigenvalue weighted by Gasteiger charge is 2.13. The van der Waals surface area contributed by atoms with E-state index in [2.05, 4.69) is 66.2 Å². The van der Waals surface area contributed by atoms with E-state index < -0.39 is 0 Å². The van der Waals surface area contributed by atoms with E-state index in [-0.39, 0.29) is 0 Å². The van der Waals surface area contributed by atoms with Gasteiger partial charge in [-0.3, -0.25) is 4.68 Å². The summed E-state index contributed by atoms with van der Waals surface area (Å²) in [4.78, 5) is 0. The van der Waals surface area contributed by atoms with Crippen molar-refractivity contribution in [2.24, 2.45) is 0 Å². The number of benzene rings is 1. The van der Waals surface area contributed by atoms with Crippen molar-refractivity contribution in [2.75, 3.05) is 6.54 Å². The van der Waals surface area contributed by atoms with E-state index in [0.717, 1.165) is 19.5 Å². The van der Waals surface area contributed by atoms with Gasteiger partial charge in [0.15, 0.2) is 0 Å². The second-order valence-corrected chi connectivity index (χ2v) is 4.81. The van der Waals surface area contributed by atoms with Crippen molar-refractivity contribution in [1.29, 1.82) is 0 Å². The zero-order valence-corrected chi connectivity index (χ0v) is 12.1. The maximum absolute atomic E-state index is 4.42. The molecule has 0 saturated carbocycles. The zero-order valence-electron chi connectivity index (χ0n) is 12.1. The lowest BCUT2D eigenvalue weighted by atomic mass is 9.99. The van der Waals surface area contributed by atoms with Crippen LogP contribution in [0.3, 0.4) is 0 Å². The second-order valence-electron chi connectivity index (χ2n) is 4.81. The fourth-order valence-corrected chi connectivity index (χ4v) is 2.48. The van der Waals surface area contributed by atoms with Crippen LogP contribution in [-0.4, -0.2) is 16.3 Å². The molecule has 1 atom stereocenters. The first-order chi connectivity index (χ1) is 9.27. The molecule has 1 aromatic carbocycles. The molecular formula is C16H23N3. The van der Waals surface area contributed by atoms with Crippen LogP contribution in [0, 0.1) is 0 Å². The first-order valence-electron chi connectivity index (χ1n) is 7.12. The van der Waals surface area contributed by atoms with Crippen molar-refractivity contribution < 1.29 is 0 Å². The number of hydrogen-bond acceptors (Lipinski definition) is 2. The zero-order chi connectivity index (χ0) is 13.7. The number of nitrogens with zero attached hydrogens (tertiary/aromatic N) is 2. The molecule has 0 saturated heterocycles. The number of aryl methyl sites for hydroxylation is 1. The third-order valence-corrected chi connectivity index (χ3v) is 3.37. The van der Waals surface area contributed by atoms with Crippen molar-refractivity contribution in [3.05, 3.63) is 42.1 Å². The van der Waals surface area contributed by atoms with Crippen molar-refractivity contribution in [1.82, 2.24) is 15.1 Å². The van der Waals surface area contributed by atoms with E-state index >= 15 is 0 Å². The monoisotopic (exact) mass is 257 g/mol. The third kappa shape index (κ3) is 3.04. The Morgan fingerprint density at radius 1 is 1.21 bits per heavy atom. The summed E-state index contributed by atoms with van der Waals surface area (Å²) in [6, 6.07) is 11.0. The van der Waals surface area contributed by atoms with Crippen LogP contribution in [0.2, 0.25) is 0 Å². The standard InChI is InChI=1S/C16H23N3/c1-4-12-19-16(10-11-18-19)15-9-7-6-8-14(15)13(3)17-5-2/h6-11,13,17H,4-5,12H2,1-3H3. The molecule has 0 aliphatic carbocycles. The van der Waals surface area contributed by atoms with Crippen molar-refractivity contribution in [3.63, 3.8) is 0 Å². The van der Waals surface area contributed by atoms with Crippen molar-refractivity contribution in [2.45, 2.75) is 39.8 Å². The normalized spacial score (nSPS) is 12.6. The molecule has 102 valence electrons. The Morgan fingerprint density at radius 3 is 2.74 bits per heavy atom. The molecule has 0 radical (unpaired) electrons. The minimum absolute atomic E-state index is 0.353. The van der Waals surface area contributed by atoms with Crippen LogP contribution in [0.5, 0.6) is 0 Å². The summed E-state index contributed by atoms with van der Waals surface area (Å²) in [5.74, 6) is 0. The van der Waals surface area contributed by atoms with Gasteiger partial charge in [-0.1, -0.05) is 38.1 Å². The number of aromatic nitrogens is 2. The Kier molecular flexibility index (Phi) is 4.74. The first-order valence-corrected chi connectivity index (χ1v) is 7.12. The maximum atomic E-state index is 4.42. The van der Waals surface area contributed by atoms with Crippen LogP contribution in [0.15, 0.2) is 36.5 Å². The predicted molar refractivity (Wildman–Crippen MR) is 80.0 cm³/mol. The van der Waals surface area contributed by atoms with E-state index in [1.807, 2.05) is 6.20 Å². The van der Waals surface area contributed by atoms with E-state index in [4.69, 9.17) is 0 Å². The molecule has 1 heterocycles. The minimum Gasteiger partial charge on any atom is -0.310 e. The molecule has 0 spiro atoms. The van der Waals surface area contributed by atoms with Crippen LogP contribution in [-0.2, 0) is 6.54 Å². The van der Waals surface area contributed by atoms with Crippen LogP contribution in [0.1, 0.15) is 38.8 Å². The Hall–Kier alpha value is -1.61. The molecule has 19 heavy (non-hydrogen) atoms. The summed E-state index contributed by atoms with van der Waals surface area (Å²) < 4.78 is 2.09. The summed E-state index contributed by atoms with van der Waals surface area (Å²) in [5, 5.41) is 7.91. The van der Waals surface area contributed by atoms with E-state index in [1.165, 1.54) is 16.8 Å². The van der Waals surface area contributed by atoms with Gasteiger partial charge in [0.25, 0.3) is 0 Å². The van der Waals surface area contributed by atoms with Gasteiger partial charge in [0.05, 0.1) is 5.69 Å². The molecule has 3 nitrogen and oxygen atoms in total. The van der Waals surface area contributed by atoms with Gasteiger partial charge in [-0.05, 0) is 31.5 Å². The van der Waals surface area contributed by atoms with Crippen molar-refractivity contribution >= 4 is 0 Å². The Balaban J connectivity index is 2.41. The van der Waals surface area contributed by atoms with Gasteiger partial charge in [-0.15, -0.1) is 0 Å². The van der Waals surface area contributed by atoms with Crippen LogP contribution >= 0.6 is 0 Å². The highest BCUT2D eigenvalue weighted by Crippen LogP contribution is 2.28. The van der Waals surface area contributed by atoms with Gasteiger partial charge in [-0.2, -0.15) is 5.10 Å². The summed E-state index contributed by atoms with van der Waals surface area (Å²) in [6.07, 6.45) is 2.99. The van der Waals surface area contributed by atoms with Gasteiger partial charge in [-0.25, -0.2) is 0 Å². The molecule has 0 bridgehead atoms. The molecule has 1 unspecified atom stereocenters. The fourth-order valence-electron chi connectivity index (χ4n) is 2.48. The lowest BCUT2D eigenvalue weighted by Crippen LogP contribution is -2.18. The number of rotatable bonds is 6. The van der Waals surface area contributed by atoms with Gasteiger partial charge >= 0.3 is 0 Å². The molecular weight excluding hydrogens is 234 g/mol. The highest BCUT2D eigenvalue weighted by atomic mass is 15.3. The quantitative estimate of drug-likeness (QED) is 0.856. The average molecular weight is 257 g/mol. The SMILES string of the molecule is CCCn1nccc1-c1ccccc1C(C)NCC. The largest absolute Gasteiger partial charge is 0.310 e. The lowest BCUT2D eigenvalue weighted by Gasteiger charge is -2.18. The van der Waals surface area contributed by atoms with Gasteiger partial charge in [0, 0.05) is 24.3 Å². The molecule has 1 N–H and O–H groups in total. The van der Waals surface area contributed by atoms with Crippen LogP contribution in [0.4, 0.5) is 0 Å². The number of hydrogen-bond donors (Lipinski definition) is 1. The summed E-state index contributed by atoms with van der Waals surface area (Å²) in [7, 11) is 0. The van der Waals surface area contributed by atoms with Crippen LogP contribution < -0.4 is 5.32 Å². The van der Waals surface area contributed by atoms with E-state index in [1.54, 1.807) is 0 Å². The summed E-state index contributed by atoms with van der Waals surface area (Å²) in [5.41, 5.74) is 3.83. The average Bonchev–Trinajstić information content (AvgIpc) is 2.87. The van der Waals surface area contributed by atoms with Gasteiger partial charge < -0.3 is 5.32 Å². The third-order valence-electron chi connectivity index (χ3n) is 3.37. The Morgan fingerprint density at radius 2 is 2.00 bits per heavy atom. The number of nitrogens with one attached hydrogen (secondary N) is 1. The molecule has 2 aromatic rings. The van der Waals surface area contributed by atoms with Crippen molar-refractivity contribution in [3.8, 4) is 11.3 Å². The topological polar surface area (TPSA) is 29.9 Å². The Labute approximate surface area is 115 Å². The Bertz CT molecular complexity index is 516. The lowest BCUT2D eigenvalue weighted by molar-refractivity contribution is 0.592. The summed E-state index contributed by atoms with van der Waals surface area (Å²) >= 11 is 0. The van der Waals surface area contributed by atoms with E-state index in [9.17, 15) is 0 Å². The molecule has 3 heteroatoms. The molecule has 0 amide bonds. The highest BCUT2D eigenvalue weighted by molar-refractivity contribution is 5.64.